The molecule has 0 spiro atoms. The van der Waals surface area contributed by atoms with Crippen molar-refractivity contribution in [2.45, 2.75) is 20.5 Å². The highest BCUT2D eigenvalue weighted by Crippen LogP contribution is 2.20. The summed E-state index contributed by atoms with van der Waals surface area (Å²) in [5.41, 5.74) is 3.37. The Morgan fingerprint density at radius 1 is 1.00 bits per heavy atom. The van der Waals surface area contributed by atoms with Crippen LogP contribution in [0.4, 0.5) is 0 Å². The number of rotatable bonds is 3. The molecule has 88 valence electrons. The smallest absolute Gasteiger partial charge is 0.120 e. The van der Waals surface area contributed by atoms with Gasteiger partial charge in [0.05, 0.1) is 0 Å². The highest BCUT2D eigenvalue weighted by atomic mass is 35.5. The first-order valence-electron chi connectivity index (χ1n) is 5.59. The highest BCUT2D eigenvalue weighted by molar-refractivity contribution is 6.31. The molecule has 0 aliphatic carbocycles. The van der Waals surface area contributed by atoms with Crippen molar-refractivity contribution in [1.29, 1.82) is 0 Å². The van der Waals surface area contributed by atoms with Crippen LogP contribution < -0.4 is 4.74 Å². The molecule has 0 N–H and O–H groups in total. The lowest BCUT2D eigenvalue weighted by atomic mass is 10.1. The van der Waals surface area contributed by atoms with Crippen LogP contribution in [0, 0.1) is 13.8 Å². The summed E-state index contributed by atoms with van der Waals surface area (Å²) < 4.78 is 5.71. The fraction of sp³-hybridized carbons (Fsp3) is 0.200. The number of aryl methyl sites for hydroxylation is 2. The van der Waals surface area contributed by atoms with Gasteiger partial charge in [-0.2, -0.15) is 0 Å². The van der Waals surface area contributed by atoms with E-state index in [0.29, 0.717) is 6.61 Å². The normalized spacial score (nSPS) is 10.3. The Balaban J connectivity index is 2.07. The largest absolute Gasteiger partial charge is 0.489 e. The molecule has 2 aromatic rings. The molecule has 0 saturated carbocycles. The van der Waals surface area contributed by atoms with E-state index < -0.39 is 0 Å². The molecule has 2 aromatic carbocycles. The summed E-state index contributed by atoms with van der Waals surface area (Å²) in [4.78, 5) is 0. The van der Waals surface area contributed by atoms with Crippen LogP contribution in [0.15, 0.2) is 42.5 Å². The van der Waals surface area contributed by atoms with Crippen LogP contribution in [0.25, 0.3) is 0 Å². The van der Waals surface area contributed by atoms with E-state index in [4.69, 9.17) is 16.3 Å². The zero-order valence-corrected chi connectivity index (χ0v) is 10.8. The van der Waals surface area contributed by atoms with Gasteiger partial charge in [-0.05, 0) is 43.2 Å². The van der Waals surface area contributed by atoms with Gasteiger partial charge in [0.2, 0.25) is 0 Å². The number of hydrogen-bond donors (Lipinski definition) is 0. The first kappa shape index (κ1) is 12.0. The zero-order valence-electron chi connectivity index (χ0n) is 10.0. The van der Waals surface area contributed by atoms with E-state index in [1.807, 2.05) is 56.3 Å². The molecule has 17 heavy (non-hydrogen) atoms. The molecule has 0 amide bonds. The molecular formula is C15H15ClO. The monoisotopic (exact) mass is 246 g/mol. The van der Waals surface area contributed by atoms with E-state index in [9.17, 15) is 0 Å². The summed E-state index contributed by atoms with van der Waals surface area (Å²) >= 11 is 6.15. The number of ether oxygens (including phenoxy) is 1. The fourth-order valence-electron chi connectivity index (χ4n) is 1.64. The van der Waals surface area contributed by atoms with Crippen molar-refractivity contribution in [2.24, 2.45) is 0 Å². The van der Waals surface area contributed by atoms with Gasteiger partial charge in [-0.25, -0.2) is 0 Å². The van der Waals surface area contributed by atoms with Crippen LogP contribution in [0.1, 0.15) is 16.7 Å². The van der Waals surface area contributed by atoms with Crippen LogP contribution in [0.2, 0.25) is 5.02 Å². The molecule has 0 fully saturated rings. The average Bonchev–Trinajstić information content (AvgIpc) is 2.28. The number of hydrogen-bond acceptors (Lipinski definition) is 1. The third kappa shape index (κ3) is 3.24. The van der Waals surface area contributed by atoms with Crippen molar-refractivity contribution in [2.75, 3.05) is 0 Å². The van der Waals surface area contributed by atoms with Crippen LogP contribution in [0.3, 0.4) is 0 Å². The molecule has 0 unspecified atom stereocenters. The van der Waals surface area contributed by atoms with Crippen LogP contribution in [-0.2, 0) is 6.61 Å². The van der Waals surface area contributed by atoms with Gasteiger partial charge < -0.3 is 4.74 Å². The van der Waals surface area contributed by atoms with Crippen LogP contribution in [-0.4, -0.2) is 0 Å². The van der Waals surface area contributed by atoms with E-state index in [0.717, 1.165) is 21.9 Å². The quantitative estimate of drug-likeness (QED) is 0.773. The van der Waals surface area contributed by atoms with Gasteiger partial charge in [0, 0.05) is 10.6 Å². The molecule has 0 aliphatic rings. The Morgan fingerprint density at radius 2 is 1.76 bits per heavy atom. The molecule has 1 nitrogen and oxygen atoms in total. The molecule has 2 rings (SSSR count). The van der Waals surface area contributed by atoms with Crippen molar-refractivity contribution in [1.82, 2.24) is 0 Å². The molecule has 0 radical (unpaired) electrons. The van der Waals surface area contributed by atoms with Crippen molar-refractivity contribution in [3.8, 4) is 5.75 Å². The van der Waals surface area contributed by atoms with E-state index in [1.54, 1.807) is 0 Å². The molecule has 0 saturated heterocycles. The lowest BCUT2D eigenvalue weighted by Gasteiger charge is -2.08. The SMILES string of the molecule is Cc1cccc(OCc2ccc(C)cc2Cl)c1. The summed E-state index contributed by atoms with van der Waals surface area (Å²) in [5, 5.41) is 0.762. The summed E-state index contributed by atoms with van der Waals surface area (Å²) in [7, 11) is 0. The highest BCUT2D eigenvalue weighted by Gasteiger charge is 2.01. The van der Waals surface area contributed by atoms with Crippen molar-refractivity contribution in [3.63, 3.8) is 0 Å². The van der Waals surface area contributed by atoms with Gasteiger partial charge in [-0.15, -0.1) is 0 Å². The van der Waals surface area contributed by atoms with Gasteiger partial charge in [0.15, 0.2) is 0 Å². The van der Waals surface area contributed by atoms with E-state index in [2.05, 4.69) is 0 Å². The molecular weight excluding hydrogens is 232 g/mol. The Morgan fingerprint density at radius 3 is 2.47 bits per heavy atom. The Hall–Kier alpha value is -1.47. The van der Waals surface area contributed by atoms with Gasteiger partial charge in [0.25, 0.3) is 0 Å². The van der Waals surface area contributed by atoms with E-state index in [-0.39, 0.29) is 0 Å². The summed E-state index contributed by atoms with van der Waals surface area (Å²) in [6, 6.07) is 14.0. The maximum absolute atomic E-state index is 6.15. The van der Waals surface area contributed by atoms with Gasteiger partial charge in [-0.1, -0.05) is 35.9 Å². The topological polar surface area (TPSA) is 9.23 Å². The number of benzene rings is 2. The van der Waals surface area contributed by atoms with Crippen LogP contribution in [0.5, 0.6) is 5.75 Å². The Bertz CT molecular complexity index is 520. The minimum absolute atomic E-state index is 0.503. The second kappa shape index (κ2) is 5.24. The summed E-state index contributed by atoms with van der Waals surface area (Å²) in [6.45, 7) is 4.57. The predicted octanol–water partition coefficient (Wildman–Crippen LogP) is 4.54. The summed E-state index contributed by atoms with van der Waals surface area (Å²) in [6.07, 6.45) is 0. The maximum Gasteiger partial charge on any atom is 0.120 e. The second-order valence-electron chi connectivity index (χ2n) is 4.20. The molecule has 0 aromatic heterocycles. The summed E-state index contributed by atoms with van der Waals surface area (Å²) in [5.74, 6) is 0.877. The Labute approximate surface area is 107 Å². The standard InChI is InChI=1S/C15H15ClO/c1-11-4-3-5-14(8-11)17-10-13-7-6-12(2)9-15(13)16/h3-9H,10H2,1-2H3. The van der Waals surface area contributed by atoms with Crippen molar-refractivity contribution >= 4 is 11.6 Å². The lowest BCUT2D eigenvalue weighted by molar-refractivity contribution is 0.306. The Kier molecular flexibility index (Phi) is 3.70. The first-order valence-corrected chi connectivity index (χ1v) is 5.97. The minimum Gasteiger partial charge on any atom is -0.489 e. The average molecular weight is 247 g/mol. The van der Waals surface area contributed by atoms with Gasteiger partial charge >= 0.3 is 0 Å². The molecule has 0 bridgehead atoms. The van der Waals surface area contributed by atoms with Gasteiger partial charge in [-0.3, -0.25) is 0 Å². The molecule has 2 heteroatoms. The second-order valence-corrected chi connectivity index (χ2v) is 4.61. The predicted molar refractivity (Wildman–Crippen MR) is 71.7 cm³/mol. The molecule has 0 aliphatic heterocycles. The maximum atomic E-state index is 6.15. The van der Waals surface area contributed by atoms with Crippen molar-refractivity contribution in [3.05, 3.63) is 64.2 Å². The fourth-order valence-corrected chi connectivity index (χ4v) is 1.93. The van der Waals surface area contributed by atoms with Crippen LogP contribution >= 0.6 is 11.6 Å². The van der Waals surface area contributed by atoms with E-state index >= 15 is 0 Å². The van der Waals surface area contributed by atoms with Gasteiger partial charge in [0.1, 0.15) is 12.4 Å². The third-order valence-corrected chi connectivity index (χ3v) is 2.94. The first-order chi connectivity index (χ1) is 8.15. The zero-order chi connectivity index (χ0) is 12.3. The van der Waals surface area contributed by atoms with Crippen molar-refractivity contribution < 1.29 is 4.74 Å². The lowest BCUT2D eigenvalue weighted by Crippen LogP contribution is -1.96. The molecule has 0 atom stereocenters. The number of halogens is 1. The third-order valence-electron chi connectivity index (χ3n) is 2.59. The van der Waals surface area contributed by atoms with E-state index in [1.165, 1.54) is 5.56 Å². The molecule has 0 heterocycles. The minimum atomic E-state index is 0.503.